The van der Waals surface area contributed by atoms with Gasteiger partial charge in [0.05, 0.1) is 26.9 Å². The van der Waals surface area contributed by atoms with Gasteiger partial charge in [-0.25, -0.2) is 0 Å². The van der Waals surface area contributed by atoms with Crippen molar-refractivity contribution in [3.05, 3.63) is 78.9 Å². The zero-order valence-corrected chi connectivity index (χ0v) is 27.3. The number of hydrogen-bond donors (Lipinski definition) is 5. The van der Waals surface area contributed by atoms with Crippen molar-refractivity contribution in [2.45, 2.75) is 14.7 Å². The van der Waals surface area contributed by atoms with Crippen LogP contribution >= 0.6 is 0 Å². The fourth-order valence-corrected chi connectivity index (χ4v) is 5.96. The van der Waals surface area contributed by atoms with E-state index >= 15 is 0 Å². The molecule has 227 valence electrons. The molecule has 0 aliphatic heterocycles. The van der Waals surface area contributed by atoms with Crippen molar-refractivity contribution in [1.29, 1.82) is 0 Å². The van der Waals surface area contributed by atoms with Crippen LogP contribution in [0.4, 0.5) is 28.4 Å². The van der Waals surface area contributed by atoms with Crippen LogP contribution in [0.2, 0.25) is 0 Å². The summed E-state index contributed by atoms with van der Waals surface area (Å²) in [6.07, 6.45) is 0. The SMILES string of the molecule is Nc1cc(S(=O)(=O)O)cc2cc(S(=O)(=O)O)c(N=Nc3ccc(N=Nc4ccc(S(=O)(=O)O)cc4)c4ccccc34)c(O)c12.[Na]. The van der Waals surface area contributed by atoms with Gasteiger partial charge in [0.2, 0.25) is 0 Å². The molecule has 0 spiro atoms. The van der Waals surface area contributed by atoms with Gasteiger partial charge >= 0.3 is 0 Å². The number of aromatic hydroxyl groups is 1. The average Bonchev–Trinajstić information content (AvgIpc) is 2.94. The van der Waals surface area contributed by atoms with Crippen LogP contribution in [0.25, 0.3) is 21.5 Å². The Balaban J connectivity index is 0.00000461. The van der Waals surface area contributed by atoms with Crippen molar-refractivity contribution in [2.75, 3.05) is 5.73 Å². The van der Waals surface area contributed by atoms with Gasteiger partial charge in [0, 0.05) is 51.4 Å². The zero-order chi connectivity index (χ0) is 32.0. The van der Waals surface area contributed by atoms with Gasteiger partial charge in [-0.05, 0) is 60.0 Å². The molecule has 0 unspecified atom stereocenters. The van der Waals surface area contributed by atoms with Crippen LogP contribution in [-0.4, -0.2) is 73.6 Å². The topological polar surface area (TPSA) is 259 Å². The Morgan fingerprint density at radius 1 is 0.600 bits per heavy atom. The first-order valence-electron chi connectivity index (χ1n) is 12.0. The molecule has 5 aromatic rings. The Kier molecular flexibility index (Phi) is 9.46. The second-order valence-electron chi connectivity index (χ2n) is 9.15. The van der Waals surface area contributed by atoms with Crippen molar-refractivity contribution in [3.63, 3.8) is 0 Å². The van der Waals surface area contributed by atoms with E-state index in [1.165, 1.54) is 24.3 Å². The molecule has 19 heteroatoms. The molecule has 6 N–H and O–H groups in total. The van der Waals surface area contributed by atoms with Crippen LogP contribution in [0.1, 0.15) is 0 Å². The first-order chi connectivity index (χ1) is 20.5. The first-order valence-corrected chi connectivity index (χ1v) is 16.3. The zero-order valence-electron chi connectivity index (χ0n) is 22.8. The van der Waals surface area contributed by atoms with E-state index in [9.17, 15) is 39.5 Å². The summed E-state index contributed by atoms with van der Waals surface area (Å²) < 4.78 is 98.5. The fraction of sp³-hybridized carbons (Fsp3) is 0. The normalized spacial score (nSPS) is 12.7. The third kappa shape index (κ3) is 7.19. The van der Waals surface area contributed by atoms with Gasteiger partial charge in [-0.2, -0.15) is 30.4 Å². The van der Waals surface area contributed by atoms with Gasteiger partial charge in [0.25, 0.3) is 30.4 Å². The Hall–Kier alpha value is -3.85. The molecule has 0 bridgehead atoms. The third-order valence-corrected chi connectivity index (χ3v) is 8.84. The Labute approximate surface area is 277 Å². The van der Waals surface area contributed by atoms with Crippen molar-refractivity contribution >= 4 is 110 Å². The quantitative estimate of drug-likeness (QED) is 0.0623. The molecule has 0 aliphatic carbocycles. The van der Waals surface area contributed by atoms with Gasteiger partial charge in [0.1, 0.15) is 10.6 Å². The van der Waals surface area contributed by atoms with Crippen molar-refractivity contribution in [1.82, 2.24) is 0 Å². The maximum atomic E-state index is 12.2. The van der Waals surface area contributed by atoms with E-state index in [1.54, 1.807) is 24.3 Å². The maximum absolute atomic E-state index is 12.2. The molecule has 0 saturated carbocycles. The molecular formula is C26H19N5NaO10S3. The summed E-state index contributed by atoms with van der Waals surface area (Å²) >= 11 is 0. The number of phenols is 1. The molecule has 45 heavy (non-hydrogen) atoms. The second kappa shape index (κ2) is 12.5. The number of nitrogens with two attached hydrogens (primary N) is 1. The molecular weight excluding hydrogens is 662 g/mol. The minimum absolute atomic E-state index is 0. The smallest absolute Gasteiger partial charge is 0.296 e. The van der Waals surface area contributed by atoms with Crippen LogP contribution < -0.4 is 5.73 Å². The van der Waals surface area contributed by atoms with E-state index in [0.717, 1.165) is 30.3 Å². The van der Waals surface area contributed by atoms with Gasteiger partial charge in [-0.15, -0.1) is 15.3 Å². The summed E-state index contributed by atoms with van der Waals surface area (Å²) in [5, 5.41) is 27.8. The van der Waals surface area contributed by atoms with Crippen LogP contribution in [0, 0.1) is 0 Å². The van der Waals surface area contributed by atoms with Crippen molar-refractivity contribution in [3.8, 4) is 5.75 Å². The van der Waals surface area contributed by atoms with Gasteiger partial charge in [-0.1, -0.05) is 24.3 Å². The average molecular weight is 681 g/mol. The number of fused-ring (bicyclic) bond motifs is 2. The summed E-state index contributed by atoms with van der Waals surface area (Å²) in [4.78, 5) is -1.89. The molecule has 1 radical (unpaired) electrons. The Bertz CT molecular complexity index is 2380. The van der Waals surface area contributed by atoms with E-state index in [2.05, 4.69) is 20.5 Å². The van der Waals surface area contributed by atoms with Crippen LogP contribution in [0.5, 0.6) is 5.75 Å². The van der Waals surface area contributed by atoms with E-state index in [0.29, 0.717) is 16.5 Å². The maximum Gasteiger partial charge on any atom is 0.296 e. The van der Waals surface area contributed by atoms with Gasteiger partial charge < -0.3 is 10.8 Å². The van der Waals surface area contributed by atoms with E-state index < -0.39 is 51.6 Å². The van der Waals surface area contributed by atoms with Gasteiger partial charge in [-0.3, -0.25) is 13.7 Å². The molecule has 0 fully saturated rings. The molecule has 0 atom stereocenters. The fourth-order valence-electron chi connectivity index (χ4n) is 4.28. The number of nitrogens with zero attached hydrogens (tertiary/aromatic N) is 4. The summed E-state index contributed by atoms with van der Waals surface area (Å²) in [6.45, 7) is 0. The predicted octanol–water partition coefficient (Wildman–Crippen LogP) is 5.47. The van der Waals surface area contributed by atoms with Crippen LogP contribution in [-0.2, 0) is 30.4 Å². The number of azo groups is 2. The van der Waals surface area contributed by atoms with E-state index in [1.807, 2.05) is 0 Å². The molecule has 0 aromatic heterocycles. The van der Waals surface area contributed by atoms with Crippen molar-refractivity contribution in [2.24, 2.45) is 20.5 Å². The largest absolute Gasteiger partial charge is 0.505 e. The Morgan fingerprint density at radius 3 is 1.64 bits per heavy atom. The molecule has 0 heterocycles. The number of anilines is 1. The van der Waals surface area contributed by atoms with Gasteiger partial charge in [0.15, 0.2) is 5.75 Å². The minimum Gasteiger partial charge on any atom is -0.505 e. The van der Waals surface area contributed by atoms with E-state index in [4.69, 9.17) is 10.3 Å². The summed E-state index contributed by atoms with van der Waals surface area (Å²) in [5.41, 5.74) is 5.72. The number of nitrogen functional groups attached to an aromatic ring is 1. The number of phenolic OH excluding ortho intramolecular Hbond substituents is 1. The molecule has 5 rings (SSSR count). The second-order valence-corrected chi connectivity index (χ2v) is 13.4. The summed E-state index contributed by atoms with van der Waals surface area (Å²) in [6, 6.07) is 17.3. The monoisotopic (exact) mass is 680 g/mol. The number of rotatable bonds is 7. The number of benzene rings is 5. The third-order valence-electron chi connectivity index (χ3n) is 6.27. The van der Waals surface area contributed by atoms with Crippen molar-refractivity contribution < 1.29 is 44.0 Å². The first kappa shape index (κ1) is 34.0. The molecule has 5 aromatic carbocycles. The summed E-state index contributed by atoms with van der Waals surface area (Å²) in [5.74, 6) is -0.826. The van der Waals surface area contributed by atoms with E-state index in [-0.39, 0.29) is 62.3 Å². The molecule has 0 aliphatic rings. The summed E-state index contributed by atoms with van der Waals surface area (Å²) in [7, 11) is -14.2. The predicted molar refractivity (Wildman–Crippen MR) is 164 cm³/mol. The van der Waals surface area contributed by atoms with Crippen LogP contribution in [0.15, 0.2) is 114 Å². The molecule has 0 amide bonds. The van der Waals surface area contributed by atoms with Crippen LogP contribution in [0.3, 0.4) is 0 Å². The molecule has 15 nitrogen and oxygen atoms in total. The number of hydrogen-bond acceptors (Lipinski definition) is 12. The molecule has 0 saturated heterocycles. The standard InChI is InChI=1S/C26H19N5O10S3.Na/c27-20-13-17(43(36,37)38)11-14-12-23(44(39,40)41)25(26(32)24(14)20)31-30-22-10-9-21(18-3-1-2-4-19(18)22)29-28-15-5-7-16(8-6-15)42(33,34)35;/h1-13,32H,27H2,(H,33,34,35)(H,36,37,38)(H,39,40,41);. The minimum atomic E-state index is -5.05. The Morgan fingerprint density at radius 2 is 1.13 bits per heavy atom.